The van der Waals surface area contributed by atoms with Crippen molar-refractivity contribution < 1.29 is 9.59 Å². The molecule has 7 heteroatoms. The number of thiophene rings is 1. The molecule has 2 amide bonds. The van der Waals surface area contributed by atoms with Crippen molar-refractivity contribution in [3.05, 3.63) is 52.2 Å². The van der Waals surface area contributed by atoms with Crippen molar-refractivity contribution in [1.29, 1.82) is 5.26 Å². The first-order valence-electron chi connectivity index (χ1n) is 6.92. The summed E-state index contributed by atoms with van der Waals surface area (Å²) in [5.41, 5.74) is 1.16. The smallest absolute Gasteiger partial charge is 0.265 e. The van der Waals surface area contributed by atoms with E-state index in [1.807, 2.05) is 17.5 Å². The van der Waals surface area contributed by atoms with E-state index in [0.717, 1.165) is 0 Å². The standard InChI is InChI=1S/C16H13N3O2S2/c17-8-11-3-5-12(6-4-11)18-15(20)13-9-22-10-19(13)16(21)14-2-1-7-23-14/h1-7,13H,9-10H2,(H,18,20)/t13-/m1/s1. The molecule has 0 unspecified atom stereocenters. The lowest BCUT2D eigenvalue weighted by molar-refractivity contribution is -0.119. The Bertz CT molecular complexity index is 751. The van der Waals surface area contributed by atoms with Gasteiger partial charge in [-0.2, -0.15) is 5.26 Å². The third-order valence-corrected chi connectivity index (χ3v) is 5.33. The van der Waals surface area contributed by atoms with E-state index < -0.39 is 6.04 Å². The Morgan fingerprint density at radius 3 is 2.70 bits per heavy atom. The molecule has 1 N–H and O–H groups in total. The predicted molar refractivity (Wildman–Crippen MR) is 91.4 cm³/mol. The summed E-state index contributed by atoms with van der Waals surface area (Å²) in [6, 6.07) is 11.8. The van der Waals surface area contributed by atoms with Crippen molar-refractivity contribution in [2.24, 2.45) is 0 Å². The van der Waals surface area contributed by atoms with E-state index in [1.165, 1.54) is 11.3 Å². The number of carbonyl (C=O) groups is 2. The zero-order chi connectivity index (χ0) is 16.2. The van der Waals surface area contributed by atoms with Gasteiger partial charge < -0.3 is 10.2 Å². The molecule has 0 radical (unpaired) electrons. The van der Waals surface area contributed by atoms with E-state index in [2.05, 4.69) is 5.32 Å². The van der Waals surface area contributed by atoms with Crippen LogP contribution in [0.15, 0.2) is 41.8 Å². The number of hydrogen-bond donors (Lipinski definition) is 1. The second kappa shape index (κ2) is 6.86. The molecule has 1 aliphatic rings. The van der Waals surface area contributed by atoms with Gasteiger partial charge in [-0.15, -0.1) is 23.1 Å². The second-order valence-electron chi connectivity index (χ2n) is 4.95. The van der Waals surface area contributed by atoms with E-state index in [1.54, 1.807) is 47.0 Å². The van der Waals surface area contributed by atoms with E-state index in [-0.39, 0.29) is 11.8 Å². The van der Waals surface area contributed by atoms with Crippen LogP contribution < -0.4 is 5.32 Å². The monoisotopic (exact) mass is 343 g/mol. The third-order valence-electron chi connectivity index (χ3n) is 3.46. The van der Waals surface area contributed by atoms with Crippen molar-refractivity contribution in [2.75, 3.05) is 16.9 Å². The van der Waals surface area contributed by atoms with Crippen LogP contribution in [0.2, 0.25) is 0 Å². The Kier molecular flexibility index (Phi) is 4.65. The quantitative estimate of drug-likeness (QED) is 0.930. The SMILES string of the molecule is N#Cc1ccc(NC(=O)[C@H]2CSCN2C(=O)c2cccs2)cc1. The van der Waals surface area contributed by atoms with Crippen LogP contribution in [0.4, 0.5) is 5.69 Å². The van der Waals surface area contributed by atoms with Crippen LogP contribution in [0.1, 0.15) is 15.2 Å². The Morgan fingerprint density at radius 1 is 1.26 bits per heavy atom. The average Bonchev–Trinajstić information content (AvgIpc) is 3.26. The minimum atomic E-state index is -0.481. The van der Waals surface area contributed by atoms with Gasteiger partial charge >= 0.3 is 0 Å². The molecule has 0 saturated carbocycles. The summed E-state index contributed by atoms with van der Waals surface area (Å²) >= 11 is 2.94. The average molecular weight is 343 g/mol. The number of nitrogens with zero attached hydrogens (tertiary/aromatic N) is 2. The molecule has 0 bridgehead atoms. The highest BCUT2D eigenvalue weighted by Crippen LogP contribution is 2.25. The summed E-state index contributed by atoms with van der Waals surface area (Å²) in [6.07, 6.45) is 0. The number of benzene rings is 1. The van der Waals surface area contributed by atoms with Gasteiger partial charge in [0.25, 0.3) is 5.91 Å². The van der Waals surface area contributed by atoms with Gasteiger partial charge in [-0.25, -0.2) is 0 Å². The fraction of sp³-hybridized carbons (Fsp3) is 0.188. The fourth-order valence-electron chi connectivity index (χ4n) is 2.26. The first-order valence-corrected chi connectivity index (χ1v) is 8.96. The van der Waals surface area contributed by atoms with Gasteiger partial charge in [0.05, 0.1) is 22.4 Å². The van der Waals surface area contributed by atoms with Gasteiger partial charge in [0.1, 0.15) is 6.04 Å². The molecule has 5 nitrogen and oxygen atoms in total. The molecule has 1 aliphatic heterocycles. The van der Waals surface area contributed by atoms with Crippen LogP contribution in [-0.4, -0.2) is 34.4 Å². The summed E-state index contributed by atoms with van der Waals surface area (Å²) in [5, 5.41) is 13.4. The molecule has 1 aromatic heterocycles. The Hall–Kier alpha value is -2.30. The molecule has 1 saturated heterocycles. The van der Waals surface area contributed by atoms with Crippen molar-refractivity contribution in [3.63, 3.8) is 0 Å². The van der Waals surface area contributed by atoms with Crippen LogP contribution in [-0.2, 0) is 4.79 Å². The van der Waals surface area contributed by atoms with E-state index >= 15 is 0 Å². The normalized spacial score (nSPS) is 16.8. The Balaban J connectivity index is 1.70. The lowest BCUT2D eigenvalue weighted by Gasteiger charge is -2.22. The molecule has 3 rings (SSSR count). The molecule has 2 heterocycles. The molecule has 116 valence electrons. The lowest BCUT2D eigenvalue weighted by atomic mass is 10.2. The van der Waals surface area contributed by atoms with Crippen LogP contribution >= 0.6 is 23.1 Å². The Morgan fingerprint density at radius 2 is 2.04 bits per heavy atom. The number of hydrogen-bond acceptors (Lipinski definition) is 5. The zero-order valence-electron chi connectivity index (χ0n) is 12.1. The number of rotatable bonds is 3. The lowest BCUT2D eigenvalue weighted by Crippen LogP contribution is -2.44. The van der Waals surface area contributed by atoms with Gasteiger partial charge in [0.2, 0.25) is 5.91 Å². The molecule has 1 fully saturated rings. The Labute approximate surface area is 141 Å². The van der Waals surface area contributed by atoms with Crippen molar-refractivity contribution in [3.8, 4) is 6.07 Å². The molecular formula is C16H13N3O2S2. The number of thioether (sulfide) groups is 1. The molecule has 2 aromatic rings. The van der Waals surface area contributed by atoms with Crippen LogP contribution in [0.5, 0.6) is 0 Å². The first-order chi connectivity index (χ1) is 11.2. The highest BCUT2D eigenvalue weighted by Gasteiger charge is 2.35. The van der Waals surface area contributed by atoms with Gasteiger partial charge in [-0.05, 0) is 35.7 Å². The maximum Gasteiger partial charge on any atom is 0.265 e. The fourth-order valence-corrected chi connectivity index (χ4v) is 4.09. The molecule has 0 aliphatic carbocycles. The summed E-state index contributed by atoms with van der Waals surface area (Å²) in [6.45, 7) is 0. The number of nitriles is 1. The van der Waals surface area contributed by atoms with Crippen molar-refractivity contribution in [2.45, 2.75) is 6.04 Å². The largest absolute Gasteiger partial charge is 0.324 e. The maximum absolute atomic E-state index is 12.5. The molecule has 23 heavy (non-hydrogen) atoms. The molecule has 1 aromatic carbocycles. The number of amides is 2. The molecular weight excluding hydrogens is 330 g/mol. The van der Waals surface area contributed by atoms with Gasteiger partial charge in [-0.3, -0.25) is 9.59 Å². The maximum atomic E-state index is 12.5. The van der Waals surface area contributed by atoms with E-state index in [9.17, 15) is 9.59 Å². The minimum absolute atomic E-state index is 0.107. The van der Waals surface area contributed by atoms with E-state index in [4.69, 9.17) is 5.26 Å². The van der Waals surface area contributed by atoms with E-state index in [0.29, 0.717) is 27.8 Å². The second-order valence-corrected chi connectivity index (χ2v) is 6.89. The highest BCUT2D eigenvalue weighted by molar-refractivity contribution is 7.99. The van der Waals surface area contributed by atoms with Gasteiger partial charge in [0, 0.05) is 11.4 Å². The van der Waals surface area contributed by atoms with Gasteiger partial charge in [-0.1, -0.05) is 6.07 Å². The van der Waals surface area contributed by atoms with Crippen LogP contribution in [0, 0.1) is 11.3 Å². The van der Waals surface area contributed by atoms with Gasteiger partial charge in [0.15, 0.2) is 0 Å². The number of anilines is 1. The number of nitrogens with one attached hydrogen (secondary N) is 1. The molecule has 1 atom stereocenters. The third kappa shape index (κ3) is 3.38. The predicted octanol–water partition coefficient (Wildman–Crippen LogP) is 2.77. The van der Waals surface area contributed by atoms with Crippen molar-refractivity contribution >= 4 is 40.6 Å². The summed E-state index contributed by atoms with van der Waals surface area (Å²) in [7, 11) is 0. The highest BCUT2D eigenvalue weighted by atomic mass is 32.2. The van der Waals surface area contributed by atoms with Crippen LogP contribution in [0.25, 0.3) is 0 Å². The topological polar surface area (TPSA) is 73.2 Å². The first kappa shape index (κ1) is 15.6. The van der Waals surface area contributed by atoms with Crippen LogP contribution in [0.3, 0.4) is 0 Å². The minimum Gasteiger partial charge on any atom is -0.324 e. The zero-order valence-corrected chi connectivity index (χ0v) is 13.7. The molecule has 0 spiro atoms. The van der Waals surface area contributed by atoms with Crippen molar-refractivity contribution in [1.82, 2.24) is 4.90 Å². The number of carbonyl (C=O) groups excluding carboxylic acids is 2. The summed E-state index contributed by atoms with van der Waals surface area (Å²) < 4.78 is 0. The summed E-state index contributed by atoms with van der Waals surface area (Å²) in [5.74, 6) is 0.788. The summed E-state index contributed by atoms with van der Waals surface area (Å²) in [4.78, 5) is 27.2.